The summed E-state index contributed by atoms with van der Waals surface area (Å²) >= 11 is 0. The van der Waals surface area contributed by atoms with Crippen LogP contribution < -0.4 is 0 Å². The fourth-order valence-electron chi connectivity index (χ4n) is 4.26. The lowest BCUT2D eigenvalue weighted by Crippen LogP contribution is -2.48. The van der Waals surface area contributed by atoms with E-state index >= 15 is 0 Å². The van der Waals surface area contributed by atoms with Gasteiger partial charge < -0.3 is 4.57 Å². The van der Waals surface area contributed by atoms with E-state index in [1.807, 2.05) is 102 Å². The van der Waals surface area contributed by atoms with Crippen LogP contribution in [0.3, 0.4) is 0 Å². The zero-order valence-electron chi connectivity index (χ0n) is 20.6. The standard InChI is InChI=1S/C27H35N3O2/c1-10-26(3,28(5)6)24(31)18-12-14-22-20(16-18)21-17-19(13-15-23(21)30(22)9)25(32)27(4,11-2)29(7)8/h10,12-17H,1,11H2,2-9H3. The minimum atomic E-state index is -0.798. The summed E-state index contributed by atoms with van der Waals surface area (Å²) in [6.45, 7) is 9.78. The summed E-state index contributed by atoms with van der Waals surface area (Å²) in [5.74, 6) is 0.0952. The van der Waals surface area contributed by atoms with Crippen LogP contribution in [0.25, 0.3) is 21.8 Å². The van der Waals surface area contributed by atoms with Gasteiger partial charge >= 0.3 is 0 Å². The molecule has 3 aromatic rings. The van der Waals surface area contributed by atoms with Gasteiger partial charge in [-0.3, -0.25) is 19.4 Å². The molecule has 0 aliphatic carbocycles. The van der Waals surface area contributed by atoms with Gasteiger partial charge in [-0.2, -0.15) is 0 Å². The summed E-state index contributed by atoms with van der Waals surface area (Å²) in [6, 6.07) is 11.7. The van der Waals surface area contributed by atoms with E-state index in [2.05, 4.69) is 11.1 Å². The first-order valence-corrected chi connectivity index (χ1v) is 11.0. The maximum Gasteiger partial charge on any atom is 0.186 e. The second-order valence-electron chi connectivity index (χ2n) is 9.45. The lowest BCUT2D eigenvalue weighted by atomic mass is 9.87. The highest BCUT2D eigenvalue weighted by Gasteiger charge is 2.35. The topological polar surface area (TPSA) is 45.6 Å². The van der Waals surface area contributed by atoms with Crippen molar-refractivity contribution in [1.82, 2.24) is 14.4 Å². The van der Waals surface area contributed by atoms with Gasteiger partial charge in [-0.05, 0) is 84.9 Å². The number of nitrogens with zero attached hydrogens (tertiary/aromatic N) is 3. The Morgan fingerprint density at radius 3 is 1.75 bits per heavy atom. The Morgan fingerprint density at radius 2 is 1.38 bits per heavy atom. The first-order chi connectivity index (χ1) is 14.9. The van der Waals surface area contributed by atoms with Gasteiger partial charge in [0.2, 0.25) is 0 Å². The molecular weight excluding hydrogens is 398 g/mol. The molecule has 32 heavy (non-hydrogen) atoms. The van der Waals surface area contributed by atoms with Crippen molar-refractivity contribution in [2.24, 2.45) is 7.05 Å². The summed E-state index contributed by atoms with van der Waals surface area (Å²) < 4.78 is 2.11. The molecule has 0 bridgehead atoms. The van der Waals surface area contributed by atoms with E-state index in [0.717, 1.165) is 28.2 Å². The quantitative estimate of drug-likeness (QED) is 0.373. The van der Waals surface area contributed by atoms with Crippen LogP contribution in [0.4, 0.5) is 0 Å². The van der Waals surface area contributed by atoms with Crippen molar-refractivity contribution < 1.29 is 9.59 Å². The lowest BCUT2D eigenvalue weighted by Gasteiger charge is -2.34. The van der Waals surface area contributed by atoms with Crippen molar-refractivity contribution in [2.75, 3.05) is 28.2 Å². The predicted octanol–water partition coefficient (Wildman–Crippen LogP) is 4.93. The molecule has 0 radical (unpaired) electrons. The van der Waals surface area contributed by atoms with Crippen LogP contribution in [0.1, 0.15) is 47.9 Å². The highest BCUT2D eigenvalue weighted by atomic mass is 16.1. The van der Waals surface area contributed by atoms with E-state index in [9.17, 15) is 9.59 Å². The molecule has 1 aromatic heterocycles. The number of fused-ring (bicyclic) bond motifs is 3. The molecule has 5 nitrogen and oxygen atoms in total. The first kappa shape index (κ1) is 23.9. The number of benzene rings is 2. The third-order valence-electron chi connectivity index (χ3n) is 7.48. The number of carbonyl (C=O) groups is 2. The summed E-state index contributed by atoms with van der Waals surface area (Å²) in [5, 5.41) is 1.95. The average Bonchev–Trinajstić information content (AvgIpc) is 3.07. The molecule has 0 saturated heterocycles. The number of hydrogen-bond acceptors (Lipinski definition) is 4. The number of rotatable bonds is 8. The highest BCUT2D eigenvalue weighted by molar-refractivity contribution is 6.15. The molecule has 5 heteroatoms. The van der Waals surface area contributed by atoms with Crippen LogP contribution >= 0.6 is 0 Å². The lowest BCUT2D eigenvalue weighted by molar-refractivity contribution is 0.0710. The first-order valence-electron chi connectivity index (χ1n) is 11.0. The van der Waals surface area contributed by atoms with Crippen molar-refractivity contribution in [1.29, 1.82) is 0 Å². The number of carbonyl (C=O) groups excluding carboxylic acids is 2. The normalized spacial score (nSPS) is 15.8. The number of aryl methyl sites for hydroxylation is 1. The molecule has 3 rings (SSSR count). The van der Waals surface area contributed by atoms with Gasteiger partial charge in [-0.1, -0.05) is 13.0 Å². The zero-order chi connectivity index (χ0) is 24.0. The smallest absolute Gasteiger partial charge is 0.186 e. The van der Waals surface area contributed by atoms with E-state index in [-0.39, 0.29) is 11.6 Å². The monoisotopic (exact) mass is 433 g/mol. The third-order valence-corrected chi connectivity index (χ3v) is 7.48. The molecule has 0 saturated carbocycles. The van der Waals surface area contributed by atoms with Crippen LogP contribution in [0.15, 0.2) is 49.1 Å². The molecule has 170 valence electrons. The summed E-state index contributed by atoms with van der Waals surface area (Å²) in [4.78, 5) is 30.7. The van der Waals surface area contributed by atoms with Crippen LogP contribution in [-0.2, 0) is 7.05 Å². The maximum absolute atomic E-state index is 13.4. The van der Waals surface area contributed by atoms with E-state index in [4.69, 9.17) is 0 Å². The average molecular weight is 434 g/mol. The third kappa shape index (κ3) is 3.50. The van der Waals surface area contributed by atoms with Crippen molar-refractivity contribution in [3.05, 3.63) is 60.2 Å². The number of aromatic nitrogens is 1. The molecule has 0 fully saturated rings. The van der Waals surface area contributed by atoms with Crippen molar-refractivity contribution >= 4 is 33.4 Å². The van der Waals surface area contributed by atoms with Gasteiger partial charge in [0.1, 0.15) is 0 Å². The molecule has 2 aromatic carbocycles. The molecule has 0 aliphatic heterocycles. The molecule has 2 atom stereocenters. The molecule has 0 aliphatic rings. The molecular formula is C27H35N3O2. The Bertz CT molecular complexity index is 1220. The van der Waals surface area contributed by atoms with E-state index in [0.29, 0.717) is 11.1 Å². The minimum Gasteiger partial charge on any atom is -0.344 e. The summed E-state index contributed by atoms with van der Waals surface area (Å²) in [6.07, 6.45) is 2.40. The Morgan fingerprint density at radius 1 is 0.906 bits per heavy atom. The van der Waals surface area contributed by atoms with Crippen LogP contribution in [0.5, 0.6) is 0 Å². The maximum atomic E-state index is 13.4. The van der Waals surface area contributed by atoms with Crippen LogP contribution in [0, 0.1) is 0 Å². The van der Waals surface area contributed by atoms with Crippen LogP contribution in [-0.4, -0.2) is 65.2 Å². The Kier molecular flexibility index (Phi) is 6.20. The van der Waals surface area contributed by atoms with Crippen molar-refractivity contribution in [3.63, 3.8) is 0 Å². The molecule has 1 heterocycles. The van der Waals surface area contributed by atoms with Gasteiger partial charge in [0.15, 0.2) is 11.6 Å². The van der Waals surface area contributed by atoms with Gasteiger partial charge in [0, 0.05) is 40.0 Å². The number of hydrogen-bond donors (Lipinski definition) is 0. The molecule has 0 spiro atoms. The van der Waals surface area contributed by atoms with E-state index < -0.39 is 11.1 Å². The van der Waals surface area contributed by atoms with E-state index in [1.54, 1.807) is 6.08 Å². The van der Waals surface area contributed by atoms with Gasteiger partial charge in [-0.25, -0.2) is 0 Å². The zero-order valence-corrected chi connectivity index (χ0v) is 20.6. The second-order valence-corrected chi connectivity index (χ2v) is 9.45. The molecule has 2 unspecified atom stereocenters. The summed E-state index contributed by atoms with van der Waals surface area (Å²) in [5.41, 5.74) is 2.00. The molecule has 0 N–H and O–H groups in total. The Labute approximate surface area is 191 Å². The van der Waals surface area contributed by atoms with Crippen LogP contribution in [0.2, 0.25) is 0 Å². The van der Waals surface area contributed by atoms with E-state index in [1.165, 1.54) is 0 Å². The van der Waals surface area contributed by atoms with Gasteiger partial charge in [0.05, 0.1) is 11.1 Å². The fraction of sp³-hybridized carbons (Fsp3) is 0.407. The van der Waals surface area contributed by atoms with Crippen molar-refractivity contribution in [2.45, 2.75) is 38.3 Å². The number of ketones is 2. The van der Waals surface area contributed by atoms with Crippen molar-refractivity contribution in [3.8, 4) is 0 Å². The highest BCUT2D eigenvalue weighted by Crippen LogP contribution is 2.33. The second kappa shape index (κ2) is 8.30. The largest absolute Gasteiger partial charge is 0.344 e. The van der Waals surface area contributed by atoms with Gasteiger partial charge in [0.25, 0.3) is 0 Å². The number of likely N-dealkylation sites (N-methyl/N-ethyl adjacent to an activating group) is 2. The predicted molar refractivity (Wildman–Crippen MR) is 134 cm³/mol. The number of Topliss-reactive ketones (excluding diaryl/α,β-unsaturated/α-hetero) is 2. The SMILES string of the molecule is C=CC(C)(C(=O)c1ccc2c(c1)c1cc(C(=O)C(C)(CC)N(C)C)ccc1n2C)N(C)C. The minimum absolute atomic E-state index is 0.00481. The Balaban J connectivity index is 2.22. The van der Waals surface area contributed by atoms with Gasteiger partial charge in [-0.15, -0.1) is 6.58 Å². The fourth-order valence-corrected chi connectivity index (χ4v) is 4.26. The molecule has 0 amide bonds. The summed E-state index contributed by atoms with van der Waals surface area (Å²) in [7, 11) is 9.65. The Hall–Kier alpha value is -2.76.